The molecule has 0 heterocycles. The summed E-state index contributed by atoms with van der Waals surface area (Å²) in [6, 6.07) is 20.4. The highest BCUT2D eigenvalue weighted by atomic mass is 35.5. The Balaban J connectivity index is 2.01. The van der Waals surface area contributed by atoms with Crippen molar-refractivity contribution in [1.82, 2.24) is 10.2 Å². The van der Waals surface area contributed by atoms with E-state index in [1.165, 1.54) is 23.1 Å². The monoisotopic (exact) mass is 557 g/mol. The molecule has 0 aliphatic heterocycles. The summed E-state index contributed by atoms with van der Waals surface area (Å²) >= 11 is 6.18. The van der Waals surface area contributed by atoms with Gasteiger partial charge in [-0.1, -0.05) is 54.9 Å². The predicted molar refractivity (Wildman–Crippen MR) is 149 cm³/mol. The van der Waals surface area contributed by atoms with E-state index in [1.54, 1.807) is 68.6 Å². The quantitative estimate of drug-likeness (QED) is 0.354. The summed E-state index contributed by atoms with van der Waals surface area (Å²) in [5.74, 6) is -0.278. The molecule has 2 amide bonds. The SMILES string of the molecule is CCCNC(=O)[C@@H](C)N(Cc1cccc(OC)c1)C(=O)CN(c1cccc(Cl)c1)S(=O)(=O)c1ccccc1. The Hall–Kier alpha value is -3.56. The Labute approximate surface area is 229 Å². The standard InChI is InChI=1S/C28H32ClN3O5S/c1-4-16-30-28(34)21(2)31(19-22-10-8-13-25(17-22)37-3)27(33)20-32(24-12-9-11-23(29)18-24)38(35,36)26-14-6-5-7-15-26/h5-15,17-18,21H,4,16,19-20H2,1-3H3,(H,30,34)/t21-/m1/s1. The van der Waals surface area contributed by atoms with E-state index in [0.29, 0.717) is 17.3 Å². The van der Waals surface area contributed by atoms with Crippen LogP contribution in [0, 0.1) is 0 Å². The van der Waals surface area contributed by atoms with Crippen LogP contribution in [0.5, 0.6) is 5.75 Å². The van der Waals surface area contributed by atoms with Crippen molar-refractivity contribution < 1.29 is 22.7 Å². The molecule has 3 aromatic rings. The molecule has 0 aliphatic rings. The molecule has 0 saturated carbocycles. The molecule has 10 heteroatoms. The van der Waals surface area contributed by atoms with Gasteiger partial charge in [-0.3, -0.25) is 13.9 Å². The van der Waals surface area contributed by atoms with Crippen LogP contribution in [-0.4, -0.2) is 51.4 Å². The highest BCUT2D eigenvalue weighted by Gasteiger charge is 2.32. The van der Waals surface area contributed by atoms with Gasteiger partial charge in [0, 0.05) is 18.1 Å². The minimum atomic E-state index is -4.14. The summed E-state index contributed by atoms with van der Waals surface area (Å²) in [5, 5.41) is 3.14. The largest absolute Gasteiger partial charge is 0.497 e. The summed E-state index contributed by atoms with van der Waals surface area (Å²) < 4.78 is 33.7. The Morgan fingerprint density at radius 2 is 1.71 bits per heavy atom. The molecule has 0 fully saturated rings. The van der Waals surface area contributed by atoms with Crippen molar-refractivity contribution >= 4 is 39.1 Å². The first-order valence-corrected chi connectivity index (χ1v) is 14.0. The molecule has 0 spiro atoms. The summed E-state index contributed by atoms with van der Waals surface area (Å²) in [7, 11) is -2.59. The Bertz CT molecular complexity index is 1350. The molecule has 0 radical (unpaired) electrons. The first-order chi connectivity index (χ1) is 18.2. The molecule has 0 saturated heterocycles. The number of rotatable bonds is 12. The predicted octanol–water partition coefficient (Wildman–Crippen LogP) is 4.49. The summed E-state index contributed by atoms with van der Waals surface area (Å²) in [6.07, 6.45) is 0.736. The molecule has 0 aliphatic carbocycles. The number of hydrogen-bond donors (Lipinski definition) is 1. The number of halogens is 1. The second kappa shape index (κ2) is 13.3. The molecule has 38 heavy (non-hydrogen) atoms. The number of methoxy groups -OCH3 is 1. The topological polar surface area (TPSA) is 96.0 Å². The van der Waals surface area contributed by atoms with Crippen molar-refractivity contribution in [2.24, 2.45) is 0 Å². The zero-order chi connectivity index (χ0) is 27.7. The number of carbonyl (C=O) groups excluding carboxylic acids is 2. The molecule has 8 nitrogen and oxygen atoms in total. The number of carbonyl (C=O) groups is 2. The fraction of sp³-hybridized carbons (Fsp3) is 0.286. The van der Waals surface area contributed by atoms with E-state index >= 15 is 0 Å². The van der Waals surface area contributed by atoms with Gasteiger partial charge in [0.1, 0.15) is 18.3 Å². The van der Waals surface area contributed by atoms with Crippen LogP contribution in [0.4, 0.5) is 5.69 Å². The van der Waals surface area contributed by atoms with Gasteiger partial charge < -0.3 is 15.0 Å². The van der Waals surface area contributed by atoms with Gasteiger partial charge in [-0.25, -0.2) is 8.42 Å². The van der Waals surface area contributed by atoms with Crippen molar-refractivity contribution in [2.75, 3.05) is 24.5 Å². The lowest BCUT2D eigenvalue weighted by molar-refractivity contribution is -0.139. The van der Waals surface area contributed by atoms with Crippen LogP contribution in [0.3, 0.4) is 0 Å². The maximum atomic E-state index is 13.8. The number of nitrogens with one attached hydrogen (secondary N) is 1. The first-order valence-electron chi connectivity index (χ1n) is 12.2. The lowest BCUT2D eigenvalue weighted by Gasteiger charge is -2.32. The van der Waals surface area contributed by atoms with Crippen LogP contribution in [0.15, 0.2) is 83.8 Å². The molecule has 1 N–H and O–H groups in total. The summed E-state index contributed by atoms with van der Waals surface area (Å²) in [5.41, 5.74) is 0.965. The minimum absolute atomic E-state index is 0.0286. The van der Waals surface area contributed by atoms with E-state index in [1.807, 2.05) is 13.0 Å². The molecule has 202 valence electrons. The summed E-state index contributed by atoms with van der Waals surface area (Å²) in [4.78, 5) is 28.1. The first kappa shape index (κ1) is 29.0. The third kappa shape index (κ3) is 7.26. The Kier molecular flexibility index (Phi) is 10.2. The number of nitrogens with zero attached hydrogens (tertiary/aromatic N) is 2. The lowest BCUT2D eigenvalue weighted by atomic mass is 10.1. The highest BCUT2D eigenvalue weighted by molar-refractivity contribution is 7.92. The maximum absolute atomic E-state index is 13.8. The number of hydrogen-bond acceptors (Lipinski definition) is 5. The van der Waals surface area contributed by atoms with Gasteiger partial charge in [-0.2, -0.15) is 0 Å². The minimum Gasteiger partial charge on any atom is -0.497 e. The fourth-order valence-electron chi connectivity index (χ4n) is 3.83. The van der Waals surface area contributed by atoms with E-state index in [4.69, 9.17) is 16.3 Å². The van der Waals surface area contributed by atoms with Crippen LogP contribution in [0.25, 0.3) is 0 Å². The number of amides is 2. The number of sulfonamides is 1. The van der Waals surface area contributed by atoms with Crippen molar-refractivity contribution in [3.05, 3.63) is 89.4 Å². The van der Waals surface area contributed by atoms with Crippen LogP contribution >= 0.6 is 11.6 Å². The number of ether oxygens (including phenoxy) is 1. The van der Waals surface area contributed by atoms with Gasteiger partial charge in [-0.05, 0) is 61.4 Å². The molecular formula is C28H32ClN3O5S. The lowest BCUT2D eigenvalue weighted by Crippen LogP contribution is -2.51. The molecular weight excluding hydrogens is 526 g/mol. The molecule has 1 atom stereocenters. The Morgan fingerprint density at radius 3 is 2.37 bits per heavy atom. The van der Waals surface area contributed by atoms with Crippen LogP contribution in [-0.2, 0) is 26.2 Å². The van der Waals surface area contributed by atoms with E-state index in [0.717, 1.165) is 16.3 Å². The second-order valence-corrected chi connectivity index (χ2v) is 10.9. The molecule has 0 bridgehead atoms. The zero-order valence-corrected chi connectivity index (χ0v) is 23.2. The smallest absolute Gasteiger partial charge is 0.264 e. The van der Waals surface area contributed by atoms with Crippen LogP contribution < -0.4 is 14.4 Å². The number of anilines is 1. The van der Waals surface area contributed by atoms with Crippen LogP contribution in [0.2, 0.25) is 5.02 Å². The van der Waals surface area contributed by atoms with Gasteiger partial charge in [0.15, 0.2) is 0 Å². The zero-order valence-electron chi connectivity index (χ0n) is 21.6. The molecule has 3 rings (SSSR count). The van der Waals surface area contributed by atoms with Gasteiger partial charge >= 0.3 is 0 Å². The van der Waals surface area contributed by atoms with E-state index < -0.39 is 28.5 Å². The van der Waals surface area contributed by atoms with Crippen molar-refractivity contribution in [2.45, 2.75) is 37.8 Å². The van der Waals surface area contributed by atoms with Gasteiger partial charge in [0.05, 0.1) is 17.7 Å². The van der Waals surface area contributed by atoms with Crippen molar-refractivity contribution in [3.8, 4) is 5.75 Å². The third-order valence-corrected chi connectivity index (χ3v) is 7.93. The molecule has 0 unspecified atom stereocenters. The van der Waals surface area contributed by atoms with Crippen molar-refractivity contribution in [1.29, 1.82) is 0 Å². The van der Waals surface area contributed by atoms with Gasteiger partial charge in [0.2, 0.25) is 11.8 Å². The fourth-order valence-corrected chi connectivity index (χ4v) is 5.44. The second-order valence-electron chi connectivity index (χ2n) is 8.64. The van der Waals surface area contributed by atoms with Gasteiger partial charge in [0.25, 0.3) is 10.0 Å². The number of benzene rings is 3. The van der Waals surface area contributed by atoms with Crippen LogP contribution in [0.1, 0.15) is 25.8 Å². The molecule has 0 aromatic heterocycles. The third-order valence-electron chi connectivity index (χ3n) is 5.91. The normalized spacial score (nSPS) is 11.9. The Morgan fingerprint density at radius 1 is 1.00 bits per heavy atom. The maximum Gasteiger partial charge on any atom is 0.264 e. The average molecular weight is 558 g/mol. The van der Waals surface area contributed by atoms with Crippen molar-refractivity contribution in [3.63, 3.8) is 0 Å². The van der Waals surface area contributed by atoms with E-state index in [2.05, 4.69) is 5.32 Å². The average Bonchev–Trinajstić information content (AvgIpc) is 2.93. The summed E-state index contributed by atoms with van der Waals surface area (Å²) in [6.45, 7) is 3.56. The molecule has 3 aromatic carbocycles. The van der Waals surface area contributed by atoms with Gasteiger partial charge in [-0.15, -0.1) is 0 Å². The van der Waals surface area contributed by atoms with E-state index in [-0.39, 0.29) is 23.0 Å². The highest BCUT2D eigenvalue weighted by Crippen LogP contribution is 2.27. The van der Waals surface area contributed by atoms with E-state index in [9.17, 15) is 18.0 Å².